The van der Waals surface area contributed by atoms with Crippen LogP contribution in [-0.4, -0.2) is 38.5 Å². The predicted octanol–water partition coefficient (Wildman–Crippen LogP) is 1.18. The molecule has 6 heteroatoms. The van der Waals surface area contributed by atoms with E-state index in [9.17, 15) is 14.7 Å². The maximum atomic E-state index is 12.7. The number of carbonyl (C=O) groups excluding carboxylic acids is 1. The van der Waals surface area contributed by atoms with Gasteiger partial charge in [-0.05, 0) is 24.6 Å². The van der Waals surface area contributed by atoms with E-state index in [2.05, 4.69) is 9.97 Å². The van der Waals surface area contributed by atoms with Crippen LogP contribution in [0.4, 0.5) is 0 Å². The highest BCUT2D eigenvalue weighted by Crippen LogP contribution is 2.13. The highest BCUT2D eigenvalue weighted by Gasteiger charge is 2.23. The van der Waals surface area contributed by atoms with Crippen molar-refractivity contribution in [2.75, 3.05) is 6.61 Å². The van der Waals surface area contributed by atoms with Gasteiger partial charge in [0.25, 0.3) is 5.91 Å². The lowest BCUT2D eigenvalue weighted by Gasteiger charge is -2.29. The summed E-state index contributed by atoms with van der Waals surface area (Å²) >= 11 is 0. The molecule has 0 unspecified atom stereocenters. The van der Waals surface area contributed by atoms with Crippen molar-refractivity contribution in [1.82, 2.24) is 14.9 Å². The second kappa shape index (κ2) is 7.51. The Hall–Kier alpha value is -2.47. The minimum atomic E-state index is -0.304. The number of pyridine rings is 2. The minimum Gasteiger partial charge on any atom is -0.394 e. The standard InChI is InChI=1S/C16H19N3O3/c1-2-14(11-20)19(10-13-5-3-4-8-17-13)16(22)12-6-7-15(21)18-9-12/h3-9,14,20H,2,10-11H2,1H3,(H,18,21)/t14-/m1/s1. The summed E-state index contributed by atoms with van der Waals surface area (Å²) in [5, 5.41) is 9.54. The maximum absolute atomic E-state index is 12.7. The monoisotopic (exact) mass is 301 g/mol. The number of nitrogens with zero attached hydrogens (tertiary/aromatic N) is 2. The second-order valence-corrected chi connectivity index (χ2v) is 4.94. The number of carbonyl (C=O) groups is 1. The molecule has 0 bridgehead atoms. The molecule has 1 atom stereocenters. The lowest BCUT2D eigenvalue weighted by molar-refractivity contribution is 0.0560. The van der Waals surface area contributed by atoms with Crippen molar-refractivity contribution in [2.45, 2.75) is 25.9 Å². The SMILES string of the molecule is CC[C@H](CO)N(Cc1ccccn1)C(=O)c1ccc(=O)[nH]c1. The summed E-state index contributed by atoms with van der Waals surface area (Å²) in [5.41, 5.74) is 0.858. The van der Waals surface area contributed by atoms with Crippen LogP contribution in [0.3, 0.4) is 0 Å². The molecule has 0 spiro atoms. The van der Waals surface area contributed by atoms with Crippen molar-refractivity contribution >= 4 is 5.91 Å². The number of nitrogens with one attached hydrogen (secondary N) is 1. The maximum Gasteiger partial charge on any atom is 0.256 e. The van der Waals surface area contributed by atoms with Gasteiger partial charge < -0.3 is 15.0 Å². The van der Waals surface area contributed by atoms with Crippen molar-refractivity contribution in [3.63, 3.8) is 0 Å². The first-order valence-electron chi connectivity index (χ1n) is 7.16. The molecule has 0 aliphatic rings. The van der Waals surface area contributed by atoms with Crippen molar-refractivity contribution < 1.29 is 9.90 Å². The molecular formula is C16H19N3O3. The fourth-order valence-electron chi connectivity index (χ4n) is 2.19. The van der Waals surface area contributed by atoms with Gasteiger partial charge in [0.1, 0.15) is 0 Å². The third kappa shape index (κ3) is 3.79. The summed E-state index contributed by atoms with van der Waals surface area (Å²) < 4.78 is 0. The van der Waals surface area contributed by atoms with Crippen LogP contribution in [0.15, 0.2) is 47.5 Å². The van der Waals surface area contributed by atoms with Crippen molar-refractivity contribution in [3.8, 4) is 0 Å². The van der Waals surface area contributed by atoms with Gasteiger partial charge in [-0.25, -0.2) is 0 Å². The van der Waals surface area contributed by atoms with E-state index in [1.165, 1.54) is 18.3 Å². The van der Waals surface area contributed by atoms with Crippen LogP contribution in [0.2, 0.25) is 0 Å². The predicted molar refractivity (Wildman–Crippen MR) is 82.3 cm³/mol. The third-order valence-electron chi connectivity index (χ3n) is 3.47. The van der Waals surface area contributed by atoms with Gasteiger partial charge in [-0.2, -0.15) is 0 Å². The molecule has 2 aromatic heterocycles. The summed E-state index contributed by atoms with van der Waals surface area (Å²) in [6.07, 6.45) is 3.68. The van der Waals surface area contributed by atoms with Crippen LogP contribution in [0.5, 0.6) is 0 Å². The van der Waals surface area contributed by atoms with E-state index in [0.29, 0.717) is 18.5 Å². The van der Waals surface area contributed by atoms with Crippen LogP contribution in [-0.2, 0) is 6.54 Å². The summed E-state index contributed by atoms with van der Waals surface area (Å²) in [6.45, 7) is 2.09. The Bertz CT molecular complexity index is 645. The highest BCUT2D eigenvalue weighted by molar-refractivity contribution is 5.94. The Kier molecular flexibility index (Phi) is 5.43. The van der Waals surface area contributed by atoms with Gasteiger partial charge in [-0.15, -0.1) is 0 Å². The fraction of sp³-hybridized carbons (Fsp3) is 0.312. The Balaban J connectivity index is 2.29. The first kappa shape index (κ1) is 15.9. The van der Waals surface area contributed by atoms with E-state index in [1.54, 1.807) is 17.2 Å². The number of aromatic amines is 1. The molecule has 6 nitrogen and oxygen atoms in total. The lowest BCUT2D eigenvalue weighted by atomic mass is 10.1. The van der Waals surface area contributed by atoms with Gasteiger partial charge in [-0.3, -0.25) is 14.6 Å². The Morgan fingerprint density at radius 3 is 2.73 bits per heavy atom. The molecular weight excluding hydrogens is 282 g/mol. The number of hydrogen-bond acceptors (Lipinski definition) is 4. The van der Waals surface area contributed by atoms with Crippen molar-refractivity contribution in [1.29, 1.82) is 0 Å². The number of amides is 1. The number of aliphatic hydroxyl groups is 1. The second-order valence-electron chi connectivity index (χ2n) is 4.94. The molecule has 1 amide bonds. The third-order valence-corrected chi connectivity index (χ3v) is 3.47. The molecule has 116 valence electrons. The smallest absolute Gasteiger partial charge is 0.256 e. The zero-order chi connectivity index (χ0) is 15.9. The Labute approximate surface area is 128 Å². The Morgan fingerprint density at radius 1 is 1.36 bits per heavy atom. The van der Waals surface area contributed by atoms with E-state index < -0.39 is 0 Å². The zero-order valence-electron chi connectivity index (χ0n) is 12.4. The molecule has 0 aromatic carbocycles. The number of hydrogen-bond donors (Lipinski definition) is 2. The topological polar surface area (TPSA) is 86.3 Å². The molecule has 2 rings (SSSR count). The molecule has 2 heterocycles. The summed E-state index contributed by atoms with van der Waals surface area (Å²) in [6, 6.07) is 7.98. The molecule has 0 saturated carbocycles. The van der Waals surface area contributed by atoms with E-state index in [4.69, 9.17) is 0 Å². The average Bonchev–Trinajstić information content (AvgIpc) is 2.56. The van der Waals surface area contributed by atoms with Gasteiger partial charge in [0, 0.05) is 18.5 Å². The number of aliphatic hydroxyl groups excluding tert-OH is 1. The molecule has 0 aliphatic carbocycles. The van der Waals surface area contributed by atoms with E-state index in [1.807, 2.05) is 19.1 Å². The molecule has 2 N–H and O–H groups in total. The molecule has 22 heavy (non-hydrogen) atoms. The van der Waals surface area contributed by atoms with Crippen molar-refractivity contribution in [2.24, 2.45) is 0 Å². The van der Waals surface area contributed by atoms with Gasteiger partial charge in [0.15, 0.2) is 0 Å². The fourth-order valence-corrected chi connectivity index (χ4v) is 2.19. The zero-order valence-corrected chi connectivity index (χ0v) is 12.4. The summed E-state index contributed by atoms with van der Waals surface area (Å²) in [4.78, 5) is 32.1. The normalized spacial score (nSPS) is 11.9. The average molecular weight is 301 g/mol. The lowest BCUT2D eigenvalue weighted by Crippen LogP contribution is -2.42. The van der Waals surface area contributed by atoms with Crippen LogP contribution >= 0.6 is 0 Å². The van der Waals surface area contributed by atoms with Gasteiger partial charge in [0.2, 0.25) is 5.56 Å². The van der Waals surface area contributed by atoms with Gasteiger partial charge in [-0.1, -0.05) is 13.0 Å². The van der Waals surface area contributed by atoms with Crippen molar-refractivity contribution in [3.05, 3.63) is 64.3 Å². The molecule has 0 saturated heterocycles. The summed E-state index contributed by atoms with van der Waals surface area (Å²) in [5.74, 6) is -0.247. The van der Waals surface area contributed by atoms with Crippen LogP contribution in [0, 0.1) is 0 Å². The molecule has 0 aliphatic heterocycles. The minimum absolute atomic E-state index is 0.127. The van der Waals surface area contributed by atoms with Gasteiger partial charge in [0.05, 0.1) is 30.5 Å². The van der Waals surface area contributed by atoms with Crippen LogP contribution in [0.25, 0.3) is 0 Å². The molecule has 2 aromatic rings. The quantitative estimate of drug-likeness (QED) is 0.839. The molecule has 0 fully saturated rings. The largest absolute Gasteiger partial charge is 0.394 e. The van der Waals surface area contributed by atoms with Gasteiger partial charge >= 0.3 is 0 Å². The summed E-state index contributed by atoms with van der Waals surface area (Å²) in [7, 11) is 0. The number of H-pyrrole nitrogens is 1. The van der Waals surface area contributed by atoms with Crippen LogP contribution in [0.1, 0.15) is 29.4 Å². The van der Waals surface area contributed by atoms with E-state index in [0.717, 1.165) is 5.69 Å². The highest BCUT2D eigenvalue weighted by atomic mass is 16.3. The molecule has 0 radical (unpaired) electrons. The number of aromatic nitrogens is 2. The van der Waals surface area contributed by atoms with E-state index in [-0.39, 0.29) is 24.1 Å². The Morgan fingerprint density at radius 2 is 2.18 bits per heavy atom. The van der Waals surface area contributed by atoms with E-state index >= 15 is 0 Å². The van der Waals surface area contributed by atoms with Crippen LogP contribution < -0.4 is 5.56 Å². The first-order chi connectivity index (χ1) is 10.7. The first-order valence-corrected chi connectivity index (χ1v) is 7.16. The number of rotatable bonds is 6.